The van der Waals surface area contributed by atoms with Crippen molar-refractivity contribution in [2.75, 3.05) is 6.61 Å². The number of halogens is 3. The highest BCUT2D eigenvalue weighted by atomic mass is 19.2. The third-order valence-electron chi connectivity index (χ3n) is 4.81. The Labute approximate surface area is 193 Å². The summed E-state index contributed by atoms with van der Waals surface area (Å²) in [5.41, 5.74) is 14.0. The Morgan fingerprint density at radius 3 is 2.65 bits per heavy atom. The minimum absolute atomic E-state index is 0.0301. The van der Waals surface area contributed by atoms with E-state index in [4.69, 9.17) is 21.4 Å². The van der Waals surface area contributed by atoms with Crippen LogP contribution in [0.1, 0.15) is 41.6 Å². The van der Waals surface area contributed by atoms with E-state index < -0.39 is 47.5 Å². The van der Waals surface area contributed by atoms with Crippen LogP contribution in [0.3, 0.4) is 0 Å². The molecule has 0 aliphatic rings. The molecule has 180 valence electrons. The first-order chi connectivity index (χ1) is 16.1. The van der Waals surface area contributed by atoms with Gasteiger partial charge in [-0.3, -0.25) is 15.0 Å². The van der Waals surface area contributed by atoms with Crippen molar-refractivity contribution in [1.29, 1.82) is 5.41 Å². The Bertz CT molecular complexity index is 1110. The van der Waals surface area contributed by atoms with Crippen LogP contribution >= 0.6 is 0 Å². The summed E-state index contributed by atoms with van der Waals surface area (Å²) >= 11 is 0. The van der Waals surface area contributed by atoms with Gasteiger partial charge in [-0.25, -0.2) is 8.78 Å². The van der Waals surface area contributed by atoms with Gasteiger partial charge in [0.2, 0.25) is 5.82 Å². The van der Waals surface area contributed by atoms with E-state index in [1.54, 1.807) is 0 Å². The second kappa shape index (κ2) is 12.3. The van der Waals surface area contributed by atoms with Crippen LogP contribution in [0.15, 0.2) is 35.4 Å². The van der Waals surface area contributed by atoms with Gasteiger partial charge in [0.25, 0.3) is 5.91 Å². The molecule has 4 N–H and O–H groups in total. The van der Waals surface area contributed by atoms with E-state index in [1.165, 1.54) is 31.2 Å². The minimum Gasteiger partial charge on any atom is -0.480 e. The Balaban J connectivity index is 2.16. The molecular weight excluding hydrogens is 453 g/mol. The first-order valence-corrected chi connectivity index (χ1v) is 10.2. The van der Waals surface area contributed by atoms with E-state index in [-0.39, 0.29) is 29.1 Å². The number of hydrogen-bond donors (Lipinski definition) is 3. The second-order valence-electron chi connectivity index (χ2n) is 7.42. The number of benzene rings is 2. The van der Waals surface area contributed by atoms with Gasteiger partial charge in [-0.15, -0.1) is 0 Å². The lowest BCUT2D eigenvalue weighted by molar-refractivity contribution is -0.123. The number of unbranched alkanes of at least 4 members (excludes halogenated alkanes) is 1. The molecule has 0 heterocycles. The summed E-state index contributed by atoms with van der Waals surface area (Å²) in [7, 11) is 0. The quantitative estimate of drug-likeness (QED) is 0.0779. The first kappa shape index (κ1) is 26.2. The highest BCUT2D eigenvalue weighted by Crippen LogP contribution is 2.27. The molecule has 34 heavy (non-hydrogen) atoms. The van der Waals surface area contributed by atoms with Crippen molar-refractivity contribution in [1.82, 2.24) is 5.32 Å². The maximum absolute atomic E-state index is 14.2. The molecule has 0 spiro atoms. The van der Waals surface area contributed by atoms with Gasteiger partial charge >= 0.3 is 0 Å². The Hall–Kier alpha value is -4.05. The summed E-state index contributed by atoms with van der Waals surface area (Å²) in [6.07, 6.45) is 1.29. The zero-order valence-electron chi connectivity index (χ0n) is 18.3. The molecule has 0 saturated carbocycles. The molecule has 0 aromatic heterocycles. The summed E-state index contributed by atoms with van der Waals surface area (Å²) in [5, 5.41) is 13.2. The van der Waals surface area contributed by atoms with Crippen LogP contribution in [0.4, 0.5) is 18.9 Å². The van der Waals surface area contributed by atoms with Crippen LogP contribution in [0.25, 0.3) is 10.4 Å². The summed E-state index contributed by atoms with van der Waals surface area (Å²) in [6, 6.07) is 5.30. The van der Waals surface area contributed by atoms with Crippen molar-refractivity contribution >= 4 is 23.2 Å². The summed E-state index contributed by atoms with van der Waals surface area (Å²) in [5.74, 6) is -6.43. The number of azide groups is 1. The fourth-order valence-electron chi connectivity index (χ4n) is 3.05. The van der Waals surface area contributed by atoms with Crippen molar-refractivity contribution in [3.8, 4) is 5.75 Å². The molecule has 1 unspecified atom stereocenters. The minimum atomic E-state index is -1.56. The standard InChI is InChI=1S/C22H23F3N6O3/c1-12-9-15(23)20(25)21(19(12)24)34-11-17(32)16(7-2-3-8-18(26)27)29-22(33)13-5-4-6-14(10-13)30-31-28/h4-6,9-10,16H,2-3,7-8,11H2,1H3,(H3,26,27)(H,29,33). The number of rotatable bonds is 12. The Morgan fingerprint density at radius 2 is 1.97 bits per heavy atom. The van der Waals surface area contributed by atoms with Gasteiger partial charge in [-0.05, 0) is 49.1 Å². The monoisotopic (exact) mass is 476 g/mol. The second-order valence-corrected chi connectivity index (χ2v) is 7.42. The molecule has 1 amide bonds. The highest BCUT2D eigenvalue weighted by molar-refractivity contribution is 5.98. The van der Waals surface area contributed by atoms with Gasteiger partial charge in [-0.1, -0.05) is 23.7 Å². The molecule has 2 aromatic carbocycles. The van der Waals surface area contributed by atoms with Gasteiger partial charge in [0.1, 0.15) is 6.61 Å². The zero-order valence-corrected chi connectivity index (χ0v) is 18.3. The molecule has 0 bridgehead atoms. The van der Waals surface area contributed by atoms with Crippen LogP contribution in [0.2, 0.25) is 0 Å². The number of nitrogens with one attached hydrogen (secondary N) is 2. The number of Topliss-reactive ketones (excluding diaryl/α,β-unsaturated/α-hetero) is 1. The van der Waals surface area contributed by atoms with Crippen LogP contribution in [-0.4, -0.2) is 30.2 Å². The number of carbonyl (C=O) groups excluding carboxylic acids is 2. The summed E-state index contributed by atoms with van der Waals surface area (Å²) < 4.78 is 46.7. The Morgan fingerprint density at radius 1 is 1.24 bits per heavy atom. The molecule has 0 aliphatic heterocycles. The van der Waals surface area contributed by atoms with Gasteiger partial charge in [0.15, 0.2) is 23.2 Å². The number of amidine groups is 1. The van der Waals surface area contributed by atoms with E-state index in [2.05, 4.69) is 15.3 Å². The van der Waals surface area contributed by atoms with Crippen molar-refractivity contribution in [2.24, 2.45) is 10.8 Å². The molecule has 2 rings (SSSR count). The number of nitrogens with two attached hydrogens (primary N) is 1. The number of aryl methyl sites for hydroxylation is 1. The predicted octanol–water partition coefficient (Wildman–Crippen LogP) is 4.60. The smallest absolute Gasteiger partial charge is 0.251 e. The lowest BCUT2D eigenvalue weighted by Gasteiger charge is -2.19. The lowest BCUT2D eigenvalue weighted by atomic mass is 10.0. The largest absolute Gasteiger partial charge is 0.480 e. The summed E-state index contributed by atoms with van der Waals surface area (Å²) in [4.78, 5) is 28.1. The number of carbonyl (C=O) groups is 2. The van der Waals surface area contributed by atoms with Crippen molar-refractivity contribution in [2.45, 2.75) is 38.6 Å². The molecule has 0 saturated heterocycles. The molecule has 9 nitrogen and oxygen atoms in total. The fourth-order valence-corrected chi connectivity index (χ4v) is 3.05. The number of ether oxygens (including phenoxy) is 1. The molecule has 12 heteroatoms. The van der Waals surface area contributed by atoms with Crippen molar-refractivity contribution in [3.63, 3.8) is 0 Å². The normalized spacial score (nSPS) is 11.3. The fraction of sp³-hybridized carbons (Fsp3) is 0.318. The molecule has 1 atom stereocenters. The van der Waals surface area contributed by atoms with Gasteiger partial charge in [0, 0.05) is 22.6 Å². The van der Waals surface area contributed by atoms with Gasteiger partial charge in [0.05, 0.1) is 11.9 Å². The molecule has 2 aromatic rings. The average Bonchev–Trinajstić information content (AvgIpc) is 2.79. The lowest BCUT2D eigenvalue weighted by Crippen LogP contribution is -2.43. The predicted molar refractivity (Wildman–Crippen MR) is 118 cm³/mol. The molecule has 0 radical (unpaired) electrons. The van der Waals surface area contributed by atoms with Gasteiger partial charge < -0.3 is 15.8 Å². The van der Waals surface area contributed by atoms with Crippen LogP contribution < -0.4 is 15.8 Å². The Kier molecular flexibility index (Phi) is 9.45. The number of hydrogen-bond acceptors (Lipinski definition) is 5. The van der Waals surface area contributed by atoms with Crippen LogP contribution in [0, 0.1) is 29.8 Å². The maximum atomic E-state index is 14.2. The number of ketones is 1. The average molecular weight is 476 g/mol. The van der Waals surface area contributed by atoms with E-state index in [0.717, 1.165) is 0 Å². The van der Waals surface area contributed by atoms with Crippen molar-refractivity contribution in [3.05, 3.63) is 69.4 Å². The van der Waals surface area contributed by atoms with E-state index in [9.17, 15) is 22.8 Å². The number of amides is 1. The van der Waals surface area contributed by atoms with Crippen LogP contribution in [0.5, 0.6) is 5.75 Å². The molecule has 0 fully saturated rings. The van der Waals surface area contributed by atoms with E-state index in [1.807, 2.05) is 0 Å². The third-order valence-corrected chi connectivity index (χ3v) is 4.81. The molecular formula is C22H23F3N6O3. The summed E-state index contributed by atoms with van der Waals surface area (Å²) in [6.45, 7) is 0.391. The number of nitrogens with zero attached hydrogens (tertiary/aromatic N) is 3. The maximum Gasteiger partial charge on any atom is 0.251 e. The van der Waals surface area contributed by atoms with Gasteiger partial charge in [-0.2, -0.15) is 4.39 Å². The first-order valence-electron chi connectivity index (χ1n) is 10.2. The molecule has 0 aliphatic carbocycles. The van der Waals surface area contributed by atoms with Crippen molar-refractivity contribution < 1.29 is 27.5 Å². The highest BCUT2D eigenvalue weighted by Gasteiger charge is 2.24. The third kappa shape index (κ3) is 7.24. The topological polar surface area (TPSA) is 154 Å². The van der Waals surface area contributed by atoms with E-state index in [0.29, 0.717) is 25.3 Å². The zero-order chi connectivity index (χ0) is 25.3. The SMILES string of the molecule is Cc1cc(F)c(F)c(OCC(=O)C(CCCCC(=N)N)NC(=O)c2cccc(N=[N+]=[N-])c2)c1F. The van der Waals surface area contributed by atoms with Crippen LogP contribution in [-0.2, 0) is 4.79 Å². The van der Waals surface area contributed by atoms with E-state index >= 15 is 0 Å².